The van der Waals surface area contributed by atoms with Crippen LogP contribution < -0.4 is 5.32 Å². The van der Waals surface area contributed by atoms with E-state index in [1.54, 1.807) is 14.1 Å². The Hall–Kier alpha value is -3.89. The van der Waals surface area contributed by atoms with Gasteiger partial charge in [0.2, 0.25) is 5.91 Å². The number of aromatic amines is 1. The van der Waals surface area contributed by atoms with Gasteiger partial charge in [0, 0.05) is 19.8 Å². The second-order valence-electron chi connectivity index (χ2n) is 7.06. The van der Waals surface area contributed by atoms with Gasteiger partial charge in [-0.15, -0.1) is 0 Å². The molecule has 168 valence electrons. The van der Waals surface area contributed by atoms with Crippen molar-refractivity contribution >= 4 is 34.5 Å². The Morgan fingerprint density at radius 2 is 1.81 bits per heavy atom. The van der Waals surface area contributed by atoms with E-state index in [0.717, 1.165) is 19.2 Å². The van der Waals surface area contributed by atoms with Crippen LogP contribution in [0.4, 0.5) is 18.9 Å². The molecule has 0 radical (unpaired) electrons. The van der Waals surface area contributed by atoms with Gasteiger partial charge in [0.25, 0.3) is 5.91 Å². The van der Waals surface area contributed by atoms with Gasteiger partial charge in [-0.2, -0.15) is 13.2 Å². The Morgan fingerprint density at radius 1 is 1.12 bits per heavy atom. The molecule has 0 bridgehead atoms. The fourth-order valence-corrected chi connectivity index (χ4v) is 3.02. The average molecular weight is 448 g/mol. The van der Waals surface area contributed by atoms with Gasteiger partial charge in [0.15, 0.2) is 0 Å². The molecule has 3 aromatic rings. The van der Waals surface area contributed by atoms with Crippen LogP contribution in [-0.2, 0) is 22.1 Å². The average Bonchev–Trinajstić information content (AvgIpc) is 3.14. The summed E-state index contributed by atoms with van der Waals surface area (Å²) in [6.45, 7) is 0. The van der Waals surface area contributed by atoms with Crippen molar-refractivity contribution in [2.75, 3.05) is 26.5 Å². The number of hydrogen-bond donors (Lipinski definition) is 2. The normalized spacial score (nSPS) is 11.3. The van der Waals surface area contributed by atoms with E-state index in [1.807, 2.05) is 0 Å². The fourth-order valence-electron chi connectivity index (χ4n) is 3.02. The number of carbonyl (C=O) groups excluding carboxylic acids is 3. The number of anilines is 1. The van der Waals surface area contributed by atoms with Crippen LogP contribution in [0.25, 0.3) is 11.0 Å². The topological polar surface area (TPSA) is 104 Å². The number of ether oxygens (including phenoxy) is 1. The van der Waals surface area contributed by atoms with Gasteiger partial charge in [-0.25, -0.2) is 9.78 Å². The van der Waals surface area contributed by atoms with Crippen LogP contribution >= 0.6 is 0 Å². The van der Waals surface area contributed by atoms with Crippen LogP contribution in [0.2, 0.25) is 0 Å². The number of nitrogens with zero attached hydrogens (tertiary/aromatic N) is 2. The van der Waals surface area contributed by atoms with Crippen LogP contribution in [0.3, 0.4) is 0 Å². The van der Waals surface area contributed by atoms with E-state index < -0.39 is 29.2 Å². The first-order valence-corrected chi connectivity index (χ1v) is 9.30. The molecule has 0 aliphatic carbocycles. The number of nitrogens with one attached hydrogen (secondary N) is 2. The van der Waals surface area contributed by atoms with Crippen molar-refractivity contribution in [3.8, 4) is 0 Å². The van der Waals surface area contributed by atoms with E-state index in [2.05, 4.69) is 15.3 Å². The van der Waals surface area contributed by atoms with Crippen LogP contribution in [-0.4, -0.2) is 53.9 Å². The molecule has 0 aliphatic rings. The van der Waals surface area contributed by atoms with Crippen molar-refractivity contribution in [1.29, 1.82) is 0 Å². The molecular weight excluding hydrogens is 429 g/mol. The lowest BCUT2D eigenvalue weighted by molar-refractivity contribution is -0.138. The summed E-state index contributed by atoms with van der Waals surface area (Å²) in [5.41, 5.74) is -1.13. The van der Waals surface area contributed by atoms with Gasteiger partial charge in [-0.1, -0.05) is 12.1 Å². The molecule has 0 saturated heterocycles. The van der Waals surface area contributed by atoms with Crippen molar-refractivity contribution < 1.29 is 32.3 Å². The minimum Gasteiger partial charge on any atom is -0.465 e. The number of benzene rings is 2. The highest BCUT2D eigenvalue weighted by atomic mass is 19.4. The molecule has 0 spiro atoms. The van der Waals surface area contributed by atoms with E-state index >= 15 is 0 Å². The number of rotatable bonds is 5. The maximum Gasteiger partial charge on any atom is 0.417 e. The minimum absolute atomic E-state index is 0.0239. The molecule has 0 unspecified atom stereocenters. The van der Waals surface area contributed by atoms with Gasteiger partial charge in [-0.3, -0.25) is 9.59 Å². The molecule has 1 aromatic heterocycles. The fraction of sp³-hybridized carbons (Fsp3) is 0.238. The van der Waals surface area contributed by atoms with E-state index in [0.29, 0.717) is 5.52 Å². The van der Waals surface area contributed by atoms with E-state index in [1.165, 1.54) is 29.2 Å². The first kappa shape index (κ1) is 22.8. The number of methoxy groups -OCH3 is 1. The van der Waals surface area contributed by atoms with E-state index in [-0.39, 0.29) is 34.9 Å². The number of aromatic nitrogens is 2. The predicted molar refractivity (Wildman–Crippen MR) is 109 cm³/mol. The molecule has 1 heterocycles. The number of H-pyrrole nitrogens is 1. The van der Waals surface area contributed by atoms with Gasteiger partial charge < -0.3 is 19.9 Å². The standard InChI is InChI=1S/C21H19F3N4O4/c1-28(2)17(29)10-16-26-15-9-11(8-13(18(15)27-16)20(31)32-3)25-19(30)12-6-4-5-7-14(12)21(22,23)24/h4-9H,10H2,1-3H3,(H,25,30)(H,26,27). The number of likely N-dealkylation sites (N-methyl/N-ethyl adjacent to an activating group) is 1. The molecule has 0 aliphatic heterocycles. The second-order valence-corrected chi connectivity index (χ2v) is 7.06. The lowest BCUT2D eigenvalue weighted by atomic mass is 10.1. The zero-order valence-corrected chi connectivity index (χ0v) is 17.3. The Labute approximate surface area is 180 Å². The largest absolute Gasteiger partial charge is 0.465 e. The molecule has 32 heavy (non-hydrogen) atoms. The highest BCUT2D eigenvalue weighted by Crippen LogP contribution is 2.32. The summed E-state index contributed by atoms with van der Waals surface area (Å²) in [5.74, 6) is -1.73. The summed E-state index contributed by atoms with van der Waals surface area (Å²) < 4.78 is 44.5. The van der Waals surface area contributed by atoms with Crippen LogP contribution in [0.5, 0.6) is 0 Å². The maximum atomic E-state index is 13.2. The molecule has 0 atom stereocenters. The van der Waals surface area contributed by atoms with Crippen molar-refractivity contribution in [3.05, 3.63) is 58.9 Å². The zero-order chi connectivity index (χ0) is 23.6. The molecule has 3 rings (SSSR count). The van der Waals surface area contributed by atoms with Crippen LogP contribution in [0, 0.1) is 0 Å². The molecule has 2 N–H and O–H groups in total. The summed E-state index contributed by atoms with van der Waals surface area (Å²) in [4.78, 5) is 45.3. The number of amides is 2. The van der Waals surface area contributed by atoms with Gasteiger partial charge in [-0.05, 0) is 24.3 Å². The quantitative estimate of drug-likeness (QED) is 0.583. The third-order valence-corrected chi connectivity index (χ3v) is 4.59. The summed E-state index contributed by atoms with van der Waals surface area (Å²) in [5, 5.41) is 2.38. The summed E-state index contributed by atoms with van der Waals surface area (Å²) in [6.07, 6.45) is -4.78. The van der Waals surface area contributed by atoms with Crippen molar-refractivity contribution in [2.24, 2.45) is 0 Å². The highest BCUT2D eigenvalue weighted by molar-refractivity contribution is 6.09. The van der Waals surface area contributed by atoms with Crippen LogP contribution in [0.1, 0.15) is 32.1 Å². The number of hydrogen-bond acceptors (Lipinski definition) is 5. The molecule has 0 fully saturated rings. The SMILES string of the molecule is COC(=O)c1cc(NC(=O)c2ccccc2C(F)(F)F)cc2[nH]c(CC(=O)N(C)C)nc12. The van der Waals surface area contributed by atoms with Crippen molar-refractivity contribution in [1.82, 2.24) is 14.9 Å². The molecule has 2 aromatic carbocycles. The third kappa shape index (κ3) is 4.71. The van der Waals surface area contributed by atoms with E-state index in [4.69, 9.17) is 4.74 Å². The lowest BCUT2D eigenvalue weighted by Crippen LogP contribution is -2.23. The maximum absolute atomic E-state index is 13.2. The number of fused-ring (bicyclic) bond motifs is 1. The van der Waals surface area contributed by atoms with Gasteiger partial charge in [0.1, 0.15) is 11.3 Å². The smallest absolute Gasteiger partial charge is 0.417 e. The van der Waals surface area contributed by atoms with E-state index in [9.17, 15) is 27.6 Å². The number of imidazole rings is 1. The molecule has 0 saturated carbocycles. The minimum atomic E-state index is -4.72. The number of alkyl halides is 3. The lowest BCUT2D eigenvalue weighted by Gasteiger charge is -2.13. The number of halogens is 3. The Balaban J connectivity index is 2.01. The zero-order valence-electron chi connectivity index (χ0n) is 17.3. The van der Waals surface area contributed by atoms with Gasteiger partial charge in [0.05, 0.1) is 35.7 Å². The third-order valence-electron chi connectivity index (χ3n) is 4.59. The Morgan fingerprint density at radius 3 is 2.44 bits per heavy atom. The molecule has 2 amide bonds. The predicted octanol–water partition coefficient (Wildman–Crippen LogP) is 3.25. The number of esters is 1. The van der Waals surface area contributed by atoms with Gasteiger partial charge >= 0.3 is 12.1 Å². The van der Waals surface area contributed by atoms with Crippen molar-refractivity contribution in [2.45, 2.75) is 12.6 Å². The first-order chi connectivity index (χ1) is 15.0. The summed E-state index contributed by atoms with van der Waals surface area (Å²) >= 11 is 0. The summed E-state index contributed by atoms with van der Waals surface area (Å²) in [6, 6.07) is 7.02. The monoisotopic (exact) mass is 448 g/mol. The molecular formula is C21H19F3N4O4. The Bertz CT molecular complexity index is 1200. The Kier molecular flexibility index (Phi) is 6.19. The molecule has 11 heteroatoms. The molecule has 8 nitrogen and oxygen atoms in total. The van der Waals surface area contributed by atoms with Crippen LogP contribution in [0.15, 0.2) is 36.4 Å². The second kappa shape index (κ2) is 8.69. The number of carbonyl (C=O) groups is 3. The van der Waals surface area contributed by atoms with Crippen molar-refractivity contribution in [3.63, 3.8) is 0 Å². The first-order valence-electron chi connectivity index (χ1n) is 9.30. The summed E-state index contributed by atoms with van der Waals surface area (Å²) in [7, 11) is 4.32. The highest BCUT2D eigenvalue weighted by Gasteiger charge is 2.35.